The van der Waals surface area contributed by atoms with Gasteiger partial charge >= 0.3 is 11.9 Å². The van der Waals surface area contributed by atoms with E-state index in [1.165, 1.54) is 0 Å². The number of hydrogen-bond donors (Lipinski definition) is 1. The summed E-state index contributed by atoms with van der Waals surface area (Å²) in [7, 11) is 1.74. The second-order valence-electron chi connectivity index (χ2n) is 4.66. The fraction of sp³-hybridized carbons (Fsp3) is 0.692. The fourth-order valence-electron chi connectivity index (χ4n) is 2.89. The number of carboxylic acids is 1. The quantitative estimate of drug-likeness (QED) is 0.756. The number of esters is 1. The van der Waals surface area contributed by atoms with Crippen molar-refractivity contribution in [1.29, 1.82) is 0 Å². The molecule has 0 aromatic heterocycles. The minimum Gasteiger partial charge on any atom is -0.481 e. The highest BCUT2D eigenvalue weighted by Crippen LogP contribution is 2.42. The van der Waals surface area contributed by atoms with Crippen molar-refractivity contribution in [3.8, 4) is 0 Å². The molecule has 5 heteroatoms. The van der Waals surface area contributed by atoms with E-state index in [0.29, 0.717) is 6.42 Å². The molecule has 0 bridgehead atoms. The minimum atomic E-state index is -1.10. The van der Waals surface area contributed by atoms with E-state index >= 15 is 0 Å². The minimum absolute atomic E-state index is 0.113. The van der Waals surface area contributed by atoms with Gasteiger partial charge in [-0.3, -0.25) is 4.79 Å². The molecule has 18 heavy (non-hydrogen) atoms. The van der Waals surface area contributed by atoms with Crippen molar-refractivity contribution in [2.45, 2.75) is 39.2 Å². The number of carbonyl (C=O) groups is 2. The first-order valence-electron chi connectivity index (χ1n) is 6.20. The molecule has 102 valence electrons. The normalized spacial score (nSPS) is 27.0. The Morgan fingerprint density at radius 3 is 2.56 bits per heavy atom. The van der Waals surface area contributed by atoms with E-state index in [4.69, 9.17) is 9.84 Å². The molecular formula is C13H21NO4. The highest BCUT2D eigenvalue weighted by molar-refractivity contribution is 5.88. The highest BCUT2D eigenvalue weighted by Gasteiger charge is 2.54. The van der Waals surface area contributed by atoms with Gasteiger partial charge in [0.15, 0.2) is 5.54 Å². The smallest absolute Gasteiger partial charge is 0.333 e. The average molecular weight is 255 g/mol. The molecule has 1 aliphatic rings. The summed E-state index contributed by atoms with van der Waals surface area (Å²) in [6, 6.07) is 0. The van der Waals surface area contributed by atoms with Crippen LogP contribution in [0.4, 0.5) is 0 Å². The van der Waals surface area contributed by atoms with Gasteiger partial charge in [0.05, 0.1) is 13.0 Å². The largest absolute Gasteiger partial charge is 0.481 e. The van der Waals surface area contributed by atoms with Crippen LogP contribution in [0.25, 0.3) is 0 Å². The van der Waals surface area contributed by atoms with Crippen molar-refractivity contribution in [2.75, 3.05) is 13.7 Å². The van der Waals surface area contributed by atoms with Gasteiger partial charge in [-0.25, -0.2) is 4.79 Å². The van der Waals surface area contributed by atoms with Crippen LogP contribution in [0.1, 0.15) is 33.6 Å². The Balaban J connectivity index is 3.19. The molecule has 1 N–H and O–H groups in total. The molecule has 0 saturated carbocycles. The lowest BCUT2D eigenvalue weighted by Gasteiger charge is -2.38. The maximum atomic E-state index is 12.3. The van der Waals surface area contributed by atoms with E-state index in [1.807, 2.05) is 20.0 Å². The van der Waals surface area contributed by atoms with Crippen molar-refractivity contribution in [3.63, 3.8) is 0 Å². The SMILES string of the molecule is CCOC(=O)C1(CC(=O)O)C(CC)C(C)=CN1C. The summed E-state index contributed by atoms with van der Waals surface area (Å²) in [4.78, 5) is 25.1. The highest BCUT2D eigenvalue weighted by atomic mass is 16.5. The lowest BCUT2D eigenvalue weighted by molar-refractivity contribution is -0.162. The first-order valence-corrected chi connectivity index (χ1v) is 6.20. The summed E-state index contributed by atoms with van der Waals surface area (Å²) in [5, 5.41) is 9.12. The van der Waals surface area contributed by atoms with Gasteiger partial charge in [-0.05, 0) is 26.5 Å². The second kappa shape index (κ2) is 5.42. The summed E-state index contributed by atoms with van der Waals surface area (Å²) in [5.41, 5.74) is -0.0740. The van der Waals surface area contributed by atoms with Crippen molar-refractivity contribution >= 4 is 11.9 Å². The molecule has 0 aromatic carbocycles. The molecular weight excluding hydrogens is 234 g/mol. The zero-order valence-corrected chi connectivity index (χ0v) is 11.4. The molecule has 0 aromatic rings. The second-order valence-corrected chi connectivity index (χ2v) is 4.66. The lowest BCUT2D eigenvalue weighted by atomic mass is 9.77. The van der Waals surface area contributed by atoms with E-state index < -0.39 is 17.5 Å². The van der Waals surface area contributed by atoms with Gasteiger partial charge in [0.2, 0.25) is 0 Å². The van der Waals surface area contributed by atoms with Crippen LogP contribution >= 0.6 is 0 Å². The van der Waals surface area contributed by atoms with Gasteiger partial charge in [-0.15, -0.1) is 0 Å². The third-order valence-electron chi connectivity index (χ3n) is 3.61. The van der Waals surface area contributed by atoms with Gasteiger partial charge in [0.1, 0.15) is 0 Å². The molecule has 2 unspecified atom stereocenters. The van der Waals surface area contributed by atoms with Crippen LogP contribution in [0.15, 0.2) is 11.8 Å². The molecule has 0 spiro atoms. The van der Waals surface area contributed by atoms with Crippen LogP contribution in [0.3, 0.4) is 0 Å². The molecule has 0 aliphatic carbocycles. The lowest BCUT2D eigenvalue weighted by Crippen LogP contribution is -2.55. The average Bonchev–Trinajstić information content (AvgIpc) is 2.50. The van der Waals surface area contributed by atoms with Gasteiger partial charge in [0.25, 0.3) is 0 Å². The van der Waals surface area contributed by atoms with E-state index in [1.54, 1.807) is 18.9 Å². The third-order valence-corrected chi connectivity index (χ3v) is 3.61. The molecule has 0 fully saturated rings. The summed E-state index contributed by atoms with van der Waals surface area (Å²) in [6.07, 6.45) is 2.31. The number of rotatable bonds is 5. The zero-order chi connectivity index (χ0) is 13.9. The van der Waals surface area contributed by atoms with E-state index in [0.717, 1.165) is 5.57 Å². The maximum absolute atomic E-state index is 12.3. The zero-order valence-electron chi connectivity index (χ0n) is 11.4. The number of hydrogen-bond acceptors (Lipinski definition) is 4. The molecule has 0 amide bonds. The Hall–Kier alpha value is -1.52. The number of aliphatic carboxylic acids is 1. The molecule has 0 radical (unpaired) electrons. The van der Waals surface area contributed by atoms with Crippen molar-refractivity contribution in [3.05, 3.63) is 11.8 Å². The van der Waals surface area contributed by atoms with Crippen molar-refractivity contribution in [1.82, 2.24) is 4.90 Å². The van der Waals surface area contributed by atoms with Crippen LogP contribution in [0, 0.1) is 5.92 Å². The predicted molar refractivity (Wildman–Crippen MR) is 66.9 cm³/mol. The van der Waals surface area contributed by atoms with Crippen molar-refractivity contribution < 1.29 is 19.4 Å². The topological polar surface area (TPSA) is 66.8 Å². The van der Waals surface area contributed by atoms with Crippen LogP contribution in [0.5, 0.6) is 0 Å². The van der Waals surface area contributed by atoms with E-state index in [9.17, 15) is 9.59 Å². The summed E-state index contributed by atoms with van der Waals surface area (Å²) >= 11 is 0. The van der Waals surface area contributed by atoms with Crippen LogP contribution in [0.2, 0.25) is 0 Å². The van der Waals surface area contributed by atoms with Crippen molar-refractivity contribution in [2.24, 2.45) is 5.92 Å². The van der Waals surface area contributed by atoms with E-state index in [-0.39, 0.29) is 18.9 Å². The van der Waals surface area contributed by atoms with Crippen LogP contribution in [-0.2, 0) is 14.3 Å². The molecule has 1 rings (SSSR count). The van der Waals surface area contributed by atoms with E-state index in [2.05, 4.69) is 0 Å². The Bertz CT molecular complexity index is 377. The van der Waals surface area contributed by atoms with Gasteiger partial charge < -0.3 is 14.7 Å². The number of likely N-dealkylation sites (N-methyl/N-ethyl adjacent to an activating group) is 1. The third kappa shape index (κ3) is 2.21. The van der Waals surface area contributed by atoms with Gasteiger partial charge in [-0.2, -0.15) is 0 Å². The summed E-state index contributed by atoms with van der Waals surface area (Å²) < 4.78 is 5.10. The first kappa shape index (κ1) is 14.5. The van der Waals surface area contributed by atoms with Crippen LogP contribution in [-0.4, -0.2) is 41.1 Å². The molecule has 2 atom stereocenters. The monoisotopic (exact) mass is 255 g/mol. The first-order chi connectivity index (χ1) is 8.40. The standard InChI is InChI=1S/C13H21NO4/c1-5-10-9(3)8-14(4)13(10,7-11(15)16)12(17)18-6-2/h8,10H,5-7H2,1-4H3,(H,15,16). The Morgan fingerprint density at radius 1 is 1.50 bits per heavy atom. The van der Waals surface area contributed by atoms with Crippen LogP contribution < -0.4 is 0 Å². The summed E-state index contributed by atoms with van der Waals surface area (Å²) in [6.45, 7) is 5.86. The fourth-order valence-corrected chi connectivity index (χ4v) is 2.89. The van der Waals surface area contributed by atoms with Gasteiger partial charge in [-0.1, -0.05) is 12.5 Å². The van der Waals surface area contributed by atoms with Gasteiger partial charge in [0, 0.05) is 13.0 Å². The molecule has 1 heterocycles. The Labute approximate surface area is 107 Å². The number of carboxylic acid groups (broad SMARTS) is 1. The molecule has 5 nitrogen and oxygen atoms in total. The number of nitrogens with zero attached hydrogens (tertiary/aromatic N) is 1. The number of ether oxygens (including phenoxy) is 1. The molecule has 1 aliphatic heterocycles. The predicted octanol–water partition coefficient (Wildman–Crippen LogP) is 1.64. The Morgan fingerprint density at radius 2 is 2.11 bits per heavy atom. The summed E-state index contributed by atoms with van der Waals surface area (Å²) in [5.74, 6) is -1.55. The number of carbonyl (C=O) groups excluding carboxylic acids is 1. The Kier molecular flexibility index (Phi) is 4.38. The maximum Gasteiger partial charge on any atom is 0.333 e. The molecule has 0 saturated heterocycles.